The van der Waals surface area contributed by atoms with Crippen LogP contribution >= 0.6 is 12.4 Å². The van der Waals surface area contributed by atoms with Crippen molar-refractivity contribution >= 4 is 18.3 Å². The molecule has 0 radical (unpaired) electrons. The van der Waals surface area contributed by atoms with Crippen molar-refractivity contribution in [2.24, 2.45) is 5.92 Å². The second kappa shape index (κ2) is 10.2. The van der Waals surface area contributed by atoms with Crippen LogP contribution in [0.4, 0.5) is 0 Å². The lowest BCUT2D eigenvalue weighted by molar-refractivity contribution is 0.0336. The predicted octanol–water partition coefficient (Wildman–Crippen LogP) is 3.13. The fourth-order valence-corrected chi connectivity index (χ4v) is 5.03. The number of aromatic nitrogens is 3. The Kier molecular flexibility index (Phi) is 7.93. The fourth-order valence-electron chi connectivity index (χ4n) is 5.03. The Bertz CT molecular complexity index is 662. The molecule has 0 bridgehead atoms. The highest BCUT2D eigenvalue weighted by molar-refractivity contribution is 5.93. The SMILES string of the molecule is Cc1c(C(=O)N(CC2CCCO2)C2CCC(C)CC2)nnn1C1CCNCC1.Cl. The van der Waals surface area contributed by atoms with E-state index in [9.17, 15) is 4.79 Å². The molecule has 2 saturated heterocycles. The summed E-state index contributed by atoms with van der Waals surface area (Å²) in [5.41, 5.74) is 1.45. The topological polar surface area (TPSA) is 72.3 Å². The molecule has 164 valence electrons. The van der Waals surface area contributed by atoms with Gasteiger partial charge in [-0.05, 0) is 77.3 Å². The van der Waals surface area contributed by atoms with E-state index in [1.807, 2.05) is 11.6 Å². The van der Waals surface area contributed by atoms with E-state index in [-0.39, 0.29) is 24.4 Å². The number of piperidine rings is 1. The van der Waals surface area contributed by atoms with Crippen molar-refractivity contribution in [2.75, 3.05) is 26.2 Å². The largest absolute Gasteiger partial charge is 0.376 e. The maximum atomic E-state index is 13.6. The Balaban J connectivity index is 0.00000240. The van der Waals surface area contributed by atoms with Crippen molar-refractivity contribution in [3.63, 3.8) is 0 Å². The first-order chi connectivity index (χ1) is 13.6. The van der Waals surface area contributed by atoms with Crippen LogP contribution in [0.1, 0.15) is 80.5 Å². The maximum Gasteiger partial charge on any atom is 0.276 e. The minimum atomic E-state index is 0. The number of carbonyl (C=O) groups excluding carboxylic acids is 1. The van der Waals surface area contributed by atoms with Gasteiger partial charge >= 0.3 is 0 Å². The molecule has 3 fully saturated rings. The highest BCUT2D eigenvalue weighted by Crippen LogP contribution is 2.30. The minimum Gasteiger partial charge on any atom is -0.376 e. The standard InChI is InChI=1S/C21H35N5O2.ClH/c1-15-5-7-17(8-6-15)25(14-19-4-3-13-28-19)21(27)20-16(2)26(24-23-20)18-9-11-22-12-10-18;/h15,17-19,22H,3-14H2,1-2H3;1H. The number of carbonyl (C=O) groups is 1. The molecular weight excluding hydrogens is 390 g/mol. The van der Waals surface area contributed by atoms with Crippen LogP contribution in [-0.2, 0) is 4.74 Å². The summed E-state index contributed by atoms with van der Waals surface area (Å²) >= 11 is 0. The summed E-state index contributed by atoms with van der Waals surface area (Å²) in [7, 11) is 0. The van der Waals surface area contributed by atoms with E-state index in [1.165, 1.54) is 12.8 Å². The number of hydrogen-bond acceptors (Lipinski definition) is 5. The number of ether oxygens (including phenoxy) is 1. The molecule has 7 nitrogen and oxygen atoms in total. The van der Waals surface area contributed by atoms with Crippen molar-refractivity contribution in [3.05, 3.63) is 11.4 Å². The lowest BCUT2D eigenvalue weighted by Crippen LogP contribution is -2.46. The Morgan fingerprint density at radius 3 is 2.55 bits per heavy atom. The van der Waals surface area contributed by atoms with Crippen LogP contribution in [0.5, 0.6) is 0 Å². The molecule has 1 aromatic heterocycles. The number of hydrogen-bond donors (Lipinski definition) is 1. The highest BCUT2D eigenvalue weighted by Gasteiger charge is 2.34. The van der Waals surface area contributed by atoms with Crippen LogP contribution < -0.4 is 5.32 Å². The van der Waals surface area contributed by atoms with Crippen LogP contribution in [-0.4, -0.2) is 64.2 Å². The molecule has 2 aliphatic heterocycles. The molecule has 0 aromatic carbocycles. The molecule has 3 aliphatic rings. The molecule has 1 atom stereocenters. The normalized spacial score (nSPS) is 28.1. The zero-order valence-electron chi connectivity index (χ0n) is 17.8. The molecule has 1 unspecified atom stereocenters. The Labute approximate surface area is 180 Å². The first-order valence-electron chi connectivity index (χ1n) is 11.2. The molecular formula is C21H36ClN5O2. The Hall–Kier alpha value is -1.18. The van der Waals surface area contributed by atoms with Gasteiger partial charge in [0, 0.05) is 19.2 Å². The van der Waals surface area contributed by atoms with E-state index in [0.717, 1.165) is 69.8 Å². The summed E-state index contributed by atoms with van der Waals surface area (Å²) < 4.78 is 7.86. The number of nitrogens with zero attached hydrogens (tertiary/aromatic N) is 4. The minimum absolute atomic E-state index is 0. The first-order valence-corrected chi connectivity index (χ1v) is 11.2. The molecule has 4 rings (SSSR count). The second-order valence-corrected chi connectivity index (χ2v) is 8.96. The first kappa shape index (κ1) is 22.5. The quantitative estimate of drug-likeness (QED) is 0.784. The highest BCUT2D eigenvalue weighted by atomic mass is 35.5. The average Bonchev–Trinajstić information content (AvgIpc) is 3.37. The van der Waals surface area contributed by atoms with E-state index >= 15 is 0 Å². The van der Waals surface area contributed by atoms with Gasteiger partial charge in [0.25, 0.3) is 5.91 Å². The van der Waals surface area contributed by atoms with Crippen molar-refractivity contribution in [1.82, 2.24) is 25.2 Å². The summed E-state index contributed by atoms with van der Waals surface area (Å²) in [6.45, 7) is 7.83. The summed E-state index contributed by atoms with van der Waals surface area (Å²) in [6.07, 6.45) is 8.95. The molecule has 1 aliphatic carbocycles. The van der Waals surface area contributed by atoms with Gasteiger partial charge in [-0.15, -0.1) is 17.5 Å². The van der Waals surface area contributed by atoms with E-state index in [0.29, 0.717) is 24.3 Å². The summed E-state index contributed by atoms with van der Waals surface area (Å²) in [4.78, 5) is 15.6. The average molecular weight is 426 g/mol. The summed E-state index contributed by atoms with van der Waals surface area (Å²) in [6, 6.07) is 0.647. The molecule has 1 amide bonds. The van der Waals surface area contributed by atoms with Gasteiger partial charge in [0.15, 0.2) is 5.69 Å². The monoisotopic (exact) mass is 425 g/mol. The third kappa shape index (κ3) is 5.12. The lowest BCUT2D eigenvalue weighted by atomic mass is 9.86. The number of rotatable bonds is 5. The molecule has 0 spiro atoms. The molecule has 1 N–H and O–H groups in total. The fraction of sp³-hybridized carbons (Fsp3) is 0.857. The van der Waals surface area contributed by atoms with Crippen LogP contribution in [0.3, 0.4) is 0 Å². The van der Waals surface area contributed by atoms with Gasteiger partial charge < -0.3 is 15.0 Å². The van der Waals surface area contributed by atoms with Gasteiger partial charge in [-0.2, -0.15) is 0 Å². The molecule has 8 heteroatoms. The van der Waals surface area contributed by atoms with E-state index in [4.69, 9.17) is 4.74 Å². The number of amides is 1. The maximum absolute atomic E-state index is 13.6. The third-order valence-electron chi connectivity index (χ3n) is 6.90. The molecule has 1 saturated carbocycles. The molecule has 1 aromatic rings. The van der Waals surface area contributed by atoms with Crippen LogP contribution in [0.2, 0.25) is 0 Å². The van der Waals surface area contributed by atoms with E-state index in [2.05, 4.69) is 27.5 Å². The van der Waals surface area contributed by atoms with Crippen molar-refractivity contribution < 1.29 is 9.53 Å². The van der Waals surface area contributed by atoms with Gasteiger partial charge in [0.05, 0.1) is 17.8 Å². The van der Waals surface area contributed by atoms with Crippen molar-refractivity contribution in [2.45, 2.75) is 83.4 Å². The zero-order valence-corrected chi connectivity index (χ0v) is 18.6. The van der Waals surface area contributed by atoms with Gasteiger partial charge in [-0.3, -0.25) is 4.79 Å². The second-order valence-electron chi connectivity index (χ2n) is 8.96. The van der Waals surface area contributed by atoms with Crippen molar-refractivity contribution in [3.8, 4) is 0 Å². The van der Waals surface area contributed by atoms with Crippen LogP contribution in [0.25, 0.3) is 0 Å². The van der Waals surface area contributed by atoms with Crippen LogP contribution in [0, 0.1) is 12.8 Å². The lowest BCUT2D eigenvalue weighted by Gasteiger charge is -2.37. The van der Waals surface area contributed by atoms with Crippen LogP contribution in [0.15, 0.2) is 0 Å². The van der Waals surface area contributed by atoms with Gasteiger partial charge in [0.2, 0.25) is 0 Å². The van der Waals surface area contributed by atoms with E-state index < -0.39 is 0 Å². The third-order valence-corrected chi connectivity index (χ3v) is 6.90. The smallest absolute Gasteiger partial charge is 0.276 e. The summed E-state index contributed by atoms with van der Waals surface area (Å²) in [5, 5.41) is 12.1. The number of nitrogens with one attached hydrogen (secondary N) is 1. The zero-order chi connectivity index (χ0) is 19.5. The van der Waals surface area contributed by atoms with E-state index in [1.54, 1.807) is 0 Å². The molecule has 29 heavy (non-hydrogen) atoms. The number of halogens is 1. The van der Waals surface area contributed by atoms with Gasteiger partial charge in [-0.25, -0.2) is 4.68 Å². The van der Waals surface area contributed by atoms with Crippen molar-refractivity contribution in [1.29, 1.82) is 0 Å². The Morgan fingerprint density at radius 2 is 1.90 bits per heavy atom. The van der Waals surface area contributed by atoms with Gasteiger partial charge in [-0.1, -0.05) is 12.1 Å². The van der Waals surface area contributed by atoms with Gasteiger partial charge in [0.1, 0.15) is 0 Å². The predicted molar refractivity (Wildman–Crippen MR) is 115 cm³/mol. The summed E-state index contributed by atoms with van der Waals surface area (Å²) in [5.74, 6) is 0.811. The Morgan fingerprint density at radius 1 is 1.17 bits per heavy atom. The molecule has 3 heterocycles.